The topological polar surface area (TPSA) is 113 Å². The molecule has 2 aromatic carbocycles. The summed E-state index contributed by atoms with van der Waals surface area (Å²) in [5.41, 5.74) is 2.54. The number of para-hydroxylation sites is 2. The van der Waals surface area contributed by atoms with E-state index in [-0.39, 0.29) is 23.7 Å². The molecule has 0 saturated heterocycles. The second-order valence-corrected chi connectivity index (χ2v) is 5.71. The Kier molecular flexibility index (Phi) is 3.28. The molecule has 1 aliphatic heterocycles. The number of rotatable bonds is 3. The Morgan fingerprint density at radius 3 is 2.76 bits per heavy atom. The van der Waals surface area contributed by atoms with Gasteiger partial charge in [-0.2, -0.15) is 0 Å². The van der Waals surface area contributed by atoms with Crippen LogP contribution in [0.2, 0.25) is 0 Å². The number of carboxylic acids is 1. The molecule has 0 fully saturated rings. The number of H-pyrrole nitrogens is 1. The van der Waals surface area contributed by atoms with E-state index in [1.54, 1.807) is 17.0 Å². The van der Waals surface area contributed by atoms with Crippen molar-refractivity contribution in [3.05, 3.63) is 65.7 Å². The zero-order valence-corrected chi connectivity index (χ0v) is 13.0. The van der Waals surface area contributed by atoms with Crippen LogP contribution >= 0.6 is 0 Å². The van der Waals surface area contributed by atoms with Gasteiger partial charge in [0.1, 0.15) is 17.4 Å². The Hall–Kier alpha value is -3.61. The number of carbonyl (C=O) groups is 1. The Morgan fingerprint density at radius 1 is 1.20 bits per heavy atom. The molecule has 7 nitrogen and oxygen atoms in total. The first-order valence-electron chi connectivity index (χ1n) is 7.61. The minimum Gasteiger partial charge on any atom is -0.509 e. The zero-order valence-electron chi connectivity index (χ0n) is 13.0. The number of hydrogen-bond donors (Lipinski definition) is 4. The van der Waals surface area contributed by atoms with Crippen LogP contribution in [0.3, 0.4) is 0 Å². The van der Waals surface area contributed by atoms with E-state index in [1.807, 2.05) is 24.3 Å². The van der Waals surface area contributed by atoms with Crippen LogP contribution in [-0.2, 0) is 0 Å². The second kappa shape index (κ2) is 5.48. The molecule has 7 heteroatoms. The summed E-state index contributed by atoms with van der Waals surface area (Å²) in [7, 11) is 0. The molecule has 3 aromatic rings. The normalized spacial score (nSPS) is 14.6. The molecule has 1 aromatic heterocycles. The fraction of sp³-hybridized carbons (Fsp3) is 0.0556. The van der Waals surface area contributed by atoms with E-state index < -0.39 is 5.97 Å². The molecule has 0 aliphatic carbocycles. The summed E-state index contributed by atoms with van der Waals surface area (Å²) in [6.07, 6.45) is 0. The number of aromatic nitrogens is 2. The van der Waals surface area contributed by atoms with Gasteiger partial charge in [0.05, 0.1) is 28.7 Å². The Morgan fingerprint density at radius 2 is 2.00 bits per heavy atom. The second-order valence-electron chi connectivity index (χ2n) is 5.71. The van der Waals surface area contributed by atoms with Gasteiger partial charge in [-0.25, -0.2) is 9.78 Å². The average molecular weight is 334 g/mol. The van der Waals surface area contributed by atoms with E-state index in [4.69, 9.17) is 10.5 Å². The molecule has 0 amide bonds. The van der Waals surface area contributed by atoms with E-state index in [9.17, 15) is 9.90 Å². The largest absolute Gasteiger partial charge is 0.509 e. The molecule has 25 heavy (non-hydrogen) atoms. The molecule has 0 spiro atoms. The number of aliphatic hydroxyl groups is 1. The van der Waals surface area contributed by atoms with E-state index in [0.29, 0.717) is 17.1 Å². The number of imidazole rings is 1. The van der Waals surface area contributed by atoms with Crippen molar-refractivity contribution in [3.8, 4) is 0 Å². The first-order chi connectivity index (χ1) is 12.0. The third kappa shape index (κ3) is 2.42. The average Bonchev–Trinajstić information content (AvgIpc) is 3.15. The molecular weight excluding hydrogens is 320 g/mol. The first-order valence-corrected chi connectivity index (χ1v) is 7.61. The van der Waals surface area contributed by atoms with Gasteiger partial charge >= 0.3 is 5.97 Å². The lowest BCUT2D eigenvalue weighted by molar-refractivity contribution is 0.0697. The molecule has 0 bridgehead atoms. The molecule has 4 N–H and O–H groups in total. The molecule has 4 rings (SSSR count). The monoisotopic (exact) mass is 334 g/mol. The van der Waals surface area contributed by atoms with Gasteiger partial charge in [-0.15, -0.1) is 0 Å². The predicted molar refractivity (Wildman–Crippen MR) is 94.1 cm³/mol. The number of nitrogens with one attached hydrogen (secondary N) is 2. The van der Waals surface area contributed by atoms with Crippen LogP contribution in [0.1, 0.15) is 16.2 Å². The Balaban J connectivity index is 1.72. The van der Waals surface area contributed by atoms with Crippen molar-refractivity contribution in [3.63, 3.8) is 0 Å². The van der Waals surface area contributed by atoms with Crippen molar-refractivity contribution in [1.82, 2.24) is 9.97 Å². The number of aromatic amines is 1. The summed E-state index contributed by atoms with van der Waals surface area (Å²) >= 11 is 0. The maximum Gasteiger partial charge on any atom is 0.335 e. The number of anilines is 1. The van der Waals surface area contributed by atoms with Gasteiger partial charge in [0, 0.05) is 5.69 Å². The van der Waals surface area contributed by atoms with Crippen molar-refractivity contribution in [2.75, 3.05) is 11.4 Å². The van der Waals surface area contributed by atoms with Gasteiger partial charge in [0.25, 0.3) is 0 Å². The summed E-state index contributed by atoms with van der Waals surface area (Å²) in [5.74, 6) is -0.535. The van der Waals surface area contributed by atoms with Crippen molar-refractivity contribution in [1.29, 1.82) is 5.41 Å². The highest BCUT2D eigenvalue weighted by atomic mass is 16.4. The molecule has 0 atom stereocenters. The Labute approximate surface area is 142 Å². The third-order valence-electron chi connectivity index (χ3n) is 4.13. The van der Waals surface area contributed by atoms with Gasteiger partial charge in [0.15, 0.2) is 0 Å². The van der Waals surface area contributed by atoms with Crippen LogP contribution in [0, 0.1) is 5.41 Å². The fourth-order valence-corrected chi connectivity index (χ4v) is 2.93. The van der Waals surface area contributed by atoms with Crippen LogP contribution in [0.4, 0.5) is 5.69 Å². The van der Waals surface area contributed by atoms with Crippen molar-refractivity contribution >= 4 is 34.1 Å². The molecule has 124 valence electrons. The van der Waals surface area contributed by atoms with Crippen LogP contribution in [-0.4, -0.2) is 38.5 Å². The molecule has 2 heterocycles. The number of amidine groups is 1. The minimum atomic E-state index is -1.04. The van der Waals surface area contributed by atoms with E-state index in [1.165, 1.54) is 12.1 Å². The van der Waals surface area contributed by atoms with Crippen LogP contribution in [0.15, 0.2) is 54.3 Å². The summed E-state index contributed by atoms with van der Waals surface area (Å²) in [5, 5.41) is 27.9. The van der Waals surface area contributed by atoms with Gasteiger partial charge in [-0.05, 0) is 30.3 Å². The number of aromatic carboxylic acids is 1. The summed E-state index contributed by atoms with van der Waals surface area (Å²) in [4.78, 5) is 20.2. The van der Waals surface area contributed by atoms with Crippen LogP contribution in [0.5, 0.6) is 0 Å². The van der Waals surface area contributed by atoms with Crippen LogP contribution < -0.4 is 4.90 Å². The van der Waals surface area contributed by atoms with Crippen molar-refractivity contribution in [2.24, 2.45) is 0 Å². The maximum atomic E-state index is 11.2. The number of aliphatic hydroxyl groups excluding tert-OH is 1. The van der Waals surface area contributed by atoms with E-state index in [0.717, 1.165) is 11.0 Å². The maximum absolute atomic E-state index is 11.2. The number of hydrogen-bond acceptors (Lipinski definition) is 4. The van der Waals surface area contributed by atoms with Gasteiger partial charge < -0.3 is 20.1 Å². The van der Waals surface area contributed by atoms with Crippen LogP contribution in [0.25, 0.3) is 16.6 Å². The van der Waals surface area contributed by atoms with Gasteiger partial charge in [-0.1, -0.05) is 18.2 Å². The first kappa shape index (κ1) is 14.9. The van der Waals surface area contributed by atoms with E-state index >= 15 is 0 Å². The SMILES string of the molecule is N=C1C(c2nc3ccccc3[nH]2)=C(O)CN1c1cccc(C(=O)O)c1. The summed E-state index contributed by atoms with van der Waals surface area (Å²) in [6.45, 7) is 0.0916. The molecule has 0 saturated carbocycles. The van der Waals surface area contributed by atoms with Crippen molar-refractivity contribution in [2.45, 2.75) is 0 Å². The summed E-state index contributed by atoms with van der Waals surface area (Å²) < 4.78 is 0. The zero-order chi connectivity index (χ0) is 17.6. The van der Waals surface area contributed by atoms with Gasteiger partial charge in [-0.3, -0.25) is 5.41 Å². The van der Waals surface area contributed by atoms with E-state index in [2.05, 4.69) is 9.97 Å². The summed E-state index contributed by atoms with van der Waals surface area (Å²) in [6, 6.07) is 13.7. The lowest BCUT2D eigenvalue weighted by Gasteiger charge is -2.18. The highest BCUT2D eigenvalue weighted by Gasteiger charge is 2.31. The Bertz CT molecular complexity index is 1020. The minimum absolute atomic E-state index is 0.0183. The third-order valence-corrected chi connectivity index (χ3v) is 4.13. The molecule has 0 radical (unpaired) electrons. The molecule has 1 aliphatic rings. The highest BCUT2D eigenvalue weighted by Crippen LogP contribution is 2.31. The molecule has 0 unspecified atom stereocenters. The number of carboxylic acid groups (broad SMARTS) is 1. The number of benzene rings is 2. The van der Waals surface area contributed by atoms with Crippen molar-refractivity contribution < 1.29 is 15.0 Å². The quantitative estimate of drug-likeness (QED) is 0.588. The predicted octanol–water partition coefficient (Wildman–Crippen LogP) is 3.03. The molecular formula is C18H14N4O3. The smallest absolute Gasteiger partial charge is 0.335 e. The number of nitrogens with zero attached hydrogens (tertiary/aromatic N) is 2. The standard InChI is InChI=1S/C18H14N4O3/c19-16-15(17-20-12-6-1-2-7-13(12)21-17)14(23)9-22(16)11-5-3-4-10(8-11)18(24)25/h1-8,19,23H,9H2,(H,20,21)(H,24,25). The highest BCUT2D eigenvalue weighted by molar-refractivity contribution is 6.30. The lowest BCUT2D eigenvalue weighted by Crippen LogP contribution is -2.26. The van der Waals surface area contributed by atoms with Gasteiger partial charge in [0.2, 0.25) is 0 Å². The lowest BCUT2D eigenvalue weighted by atomic mass is 10.2. The fourth-order valence-electron chi connectivity index (χ4n) is 2.93. The number of fused-ring (bicyclic) bond motifs is 1.